The molecule has 1 aromatic carbocycles. The molecule has 0 spiro atoms. The maximum Gasteiger partial charge on any atom is 0.100 e. The Hall–Kier alpha value is -2.16. The Labute approximate surface area is 126 Å². The van der Waals surface area contributed by atoms with Crippen LogP contribution in [0.2, 0.25) is 0 Å². The fourth-order valence-corrected chi connectivity index (χ4v) is 2.99. The molecule has 0 N–H and O–H groups in total. The first-order valence-electron chi connectivity index (χ1n) is 7.53. The van der Waals surface area contributed by atoms with Crippen molar-refractivity contribution in [3.05, 3.63) is 47.2 Å². The number of aryl methyl sites for hydroxylation is 2. The Kier molecular flexibility index (Phi) is 3.74. The summed E-state index contributed by atoms with van der Waals surface area (Å²) in [4.78, 5) is 4.30. The van der Waals surface area contributed by atoms with Crippen LogP contribution >= 0.6 is 0 Å². The molecule has 2 heterocycles. The average molecular weight is 279 g/mol. The van der Waals surface area contributed by atoms with Gasteiger partial charge in [0.25, 0.3) is 0 Å². The van der Waals surface area contributed by atoms with Gasteiger partial charge in [-0.3, -0.25) is 9.67 Å². The summed E-state index contributed by atoms with van der Waals surface area (Å²) in [5.41, 5.74) is 7.51. The minimum Gasteiger partial charge on any atom is -0.293 e. The van der Waals surface area contributed by atoms with Gasteiger partial charge in [-0.05, 0) is 37.5 Å². The molecule has 3 heteroatoms. The van der Waals surface area contributed by atoms with E-state index in [0.29, 0.717) is 0 Å². The van der Waals surface area contributed by atoms with E-state index >= 15 is 0 Å². The summed E-state index contributed by atoms with van der Waals surface area (Å²) in [7, 11) is 2.04. The summed E-state index contributed by atoms with van der Waals surface area (Å²) in [5, 5.41) is 4.80. The average Bonchev–Trinajstić information content (AvgIpc) is 2.85. The minimum atomic E-state index is 0.872. The summed E-state index contributed by atoms with van der Waals surface area (Å²) < 4.78 is 2.03. The molecule has 0 bridgehead atoms. The molecule has 0 atom stereocenters. The number of hydrogen-bond donors (Lipinski definition) is 0. The van der Waals surface area contributed by atoms with E-state index in [1.807, 2.05) is 17.9 Å². The third-order valence-corrected chi connectivity index (χ3v) is 4.00. The van der Waals surface area contributed by atoms with Crippen molar-refractivity contribution < 1.29 is 0 Å². The van der Waals surface area contributed by atoms with Crippen molar-refractivity contribution in [2.75, 3.05) is 6.54 Å². The van der Waals surface area contributed by atoms with E-state index in [9.17, 15) is 0 Å². The maximum atomic E-state index is 4.80. The molecule has 0 fully saturated rings. The summed E-state index contributed by atoms with van der Waals surface area (Å²) in [6.07, 6.45) is 6.04. The molecular weight excluding hydrogens is 258 g/mol. The second-order valence-electron chi connectivity index (χ2n) is 5.51. The highest BCUT2D eigenvalue weighted by Gasteiger charge is 2.20. The molecule has 0 amide bonds. The molecule has 0 unspecified atom stereocenters. The number of nitrogens with zero attached hydrogens (tertiary/aromatic N) is 3. The molecule has 1 aromatic heterocycles. The molecule has 108 valence electrons. The van der Waals surface area contributed by atoms with Crippen molar-refractivity contribution in [2.24, 2.45) is 12.0 Å². The molecule has 1 aliphatic rings. The Balaban J connectivity index is 2.21. The van der Waals surface area contributed by atoms with Crippen LogP contribution in [-0.4, -0.2) is 22.5 Å². The van der Waals surface area contributed by atoms with E-state index in [4.69, 9.17) is 5.10 Å². The molecule has 2 aromatic rings. The number of dihydropyridines is 1. The van der Waals surface area contributed by atoms with Gasteiger partial charge in [0.15, 0.2) is 0 Å². The first-order valence-corrected chi connectivity index (χ1v) is 7.53. The number of hydrogen-bond acceptors (Lipinski definition) is 2. The van der Waals surface area contributed by atoms with Crippen molar-refractivity contribution in [3.63, 3.8) is 0 Å². The molecule has 0 aliphatic carbocycles. The van der Waals surface area contributed by atoms with Crippen LogP contribution < -0.4 is 0 Å². The maximum absolute atomic E-state index is 4.80. The number of benzene rings is 1. The summed E-state index contributed by atoms with van der Waals surface area (Å²) in [6.45, 7) is 5.19. The number of aromatic nitrogens is 2. The molecule has 0 saturated heterocycles. The first kappa shape index (κ1) is 13.8. The van der Waals surface area contributed by atoms with E-state index in [1.54, 1.807) is 0 Å². The van der Waals surface area contributed by atoms with E-state index in [2.05, 4.69) is 49.2 Å². The van der Waals surface area contributed by atoms with Crippen LogP contribution in [0, 0.1) is 6.92 Å². The van der Waals surface area contributed by atoms with Crippen LogP contribution in [-0.2, 0) is 13.5 Å². The highest BCUT2D eigenvalue weighted by molar-refractivity contribution is 5.91. The molecule has 21 heavy (non-hydrogen) atoms. The lowest BCUT2D eigenvalue weighted by molar-refractivity contribution is 0.719. The lowest BCUT2D eigenvalue weighted by atomic mass is 9.94. The second-order valence-corrected chi connectivity index (χ2v) is 5.51. The van der Waals surface area contributed by atoms with Crippen LogP contribution in [0.25, 0.3) is 16.8 Å². The predicted octanol–water partition coefficient (Wildman–Crippen LogP) is 3.82. The predicted molar refractivity (Wildman–Crippen MR) is 88.7 cm³/mol. The van der Waals surface area contributed by atoms with Crippen molar-refractivity contribution in [1.29, 1.82) is 0 Å². The zero-order valence-electron chi connectivity index (χ0n) is 12.9. The summed E-state index contributed by atoms with van der Waals surface area (Å²) in [6, 6.07) is 8.59. The Morgan fingerprint density at radius 1 is 1.29 bits per heavy atom. The van der Waals surface area contributed by atoms with E-state index < -0.39 is 0 Å². The lowest BCUT2D eigenvalue weighted by Crippen LogP contribution is -2.01. The topological polar surface area (TPSA) is 30.2 Å². The van der Waals surface area contributed by atoms with Gasteiger partial charge in [0.2, 0.25) is 0 Å². The van der Waals surface area contributed by atoms with Gasteiger partial charge in [0.1, 0.15) is 5.69 Å². The normalized spacial score (nSPS) is 14.3. The third kappa shape index (κ3) is 2.56. The molecule has 1 aliphatic heterocycles. The van der Waals surface area contributed by atoms with Crippen LogP contribution in [0.1, 0.15) is 30.2 Å². The van der Waals surface area contributed by atoms with Gasteiger partial charge in [0, 0.05) is 36.6 Å². The molecule has 0 saturated carbocycles. The molecule has 0 radical (unpaired) electrons. The van der Waals surface area contributed by atoms with E-state index in [0.717, 1.165) is 25.1 Å². The van der Waals surface area contributed by atoms with Crippen molar-refractivity contribution in [2.45, 2.75) is 26.7 Å². The van der Waals surface area contributed by atoms with Crippen LogP contribution in [0.4, 0.5) is 0 Å². The number of aliphatic imine (C=N–C) groups is 1. The monoisotopic (exact) mass is 279 g/mol. The zero-order chi connectivity index (χ0) is 14.8. The van der Waals surface area contributed by atoms with Crippen molar-refractivity contribution >= 4 is 11.8 Å². The van der Waals surface area contributed by atoms with Crippen molar-refractivity contribution in [3.8, 4) is 11.3 Å². The minimum absolute atomic E-state index is 0.872. The van der Waals surface area contributed by atoms with Crippen molar-refractivity contribution in [1.82, 2.24) is 9.78 Å². The van der Waals surface area contributed by atoms with Gasteiger partial charge in [-0.1, -0.05) is 30.7 Å². The second kappa shape index (κ2) is 5.68. The lowest BCUT2D eigenvalue weighted by Gasteiger charge is -2.12. The highest BCUT2D eigenvalue weighted by Crippen LogP contribution is 2.33. The number of allylic oxidation sites excluding steroid dienone is 1. The van der Waals surface area contributed by atoms with Gasteiger partial charge in [-0.15, -0.1) is 0 Å². The SMILES string of the molecule is CCc1c(C2=CC=NCC2)c(-c2cccc(C)c2)nn1C. The van der Waals surface area contributed by atoms with Gasteiger partial charge in [-0.25, -0.2) is 0 Å². The van der Waals surface area contributed by atoms with Crippen LogP contribution in [0.5, 0.6) is 0 Å². The van der Waals surface area contributed by atoms with Crippen LogP contribution in [0.3, 0.4) is 0 Å². The zero-order valence-corrected chi connectivity index (χ0v) is 12.9. The largest absolute Gasteiger partial charge is 0.293 e. The molecular formula is C18H21N3. The summed E-state index contributed by atoms with van der Waals surface area (Å²) in [5.74, 6) is 0. The third-order valence-electron chi connectivity index (χ3n) is 4.00. The van der Waals surface area contributed by atoms with Gasteiger partial charge in [-0.2, -0.15) is 5.10 Å². The number of rotatable bonds is 3. The van der Waals surface area contributed by atoms with Gasteiger partial charge in [0.05, 0.1) is 0 Å². The van der Waals surface area contributed by atoms with E-state index in [-0.39, 0.29) is 0 Å². The summed E-state index contributed by atoms with van der Waals surface area (Å²) >= 11 is 0. The Morgan fingerprint density at radius 2 is 2.14 bits per heavy atom. The fourth-order valence-electron chi connectivity index (χ4n) is 2.99. The Morgan fingerprint density at radius 3 is 2.81 bits per heavy atom. The standard InChI is InChI=1S/C18H21N3/c1-4-16-17(14-8-10-19-11-9-14)18(20-21(16)3)15-7-5-6-13(2)12-15/h5-8,10,12H,4,9,11H2,1-3H3. The first-order chi connectivity index (χ1) is 10.2. The van der Waals surface area contributed by atoms with Gasteiger partial charge < -0.3 is 0 Å². The van der Waals surface area contributed by atoms with E-state index in [1.165, 1.54) is 28.0 Å². The Bertz CT molecular complexity index is 720. The van der Waals surface area contributed by atoms with Gasteiger partial charge >= 0.3 is 0 Å². The smallest absolute Gasteiger partial charge is 0.100 e. The highest BCUT2D eigenvalue weighted by atomic mass is 15.3. The van der Waals surface area contributed by atoms with Crippen LogP contribution in [0.15, 0.2) is 35.3 Å². The molecule has 3 rings (SSSR count). The quantitative estimate of drug-likeness (QED) is 0.840. The fraction of sp³-hybridized carbons (Fsp3) is 0.333. The molecule has 3 nitrogen and oxygen atoms in total.